The molecule has 1 aliphatic heterocycles. The van der Waals surface area contributed by atoms with Crippen molar-refractivity contribution in [3.63, 3.8) is 0 Å². The van der Waals surface area contributed by atoms with Gasteiger partial charge >= 0.3 is 0 Å². The number of aryl methyl sites for hydroxylation is 1. The minimum absolute atomic E-state index is 0.0146. The molecule has 0 bridgehead atoms. The maximum atomic E-state index is 11.8. The van der Waals surface area contributed by atoms with Crippen LogP contribution in [0.25, 0.3) is 0 Å². The maximum Gasteiger partial charge on any atom is 0.243 e. The molecule has 98 valence electrons. The Bertz CT molecular complexity index is 455. The largest absolute Gasteiger partial charge is 0.345 e. The summed E-state index contributed by atoms with van der Waals surface area (Å²) in [5.74, 6) is 0.843. The highest BCUT2D eigenvalue weighted by atomic mass is 16.2. The van der Waals surface area contributed by atoms with Crippen LogP contribution in [-0.2, 0) is 16.1 Å². The van der Waals surface area contributed by atoms with E-state index < -0.39 is 0 Å². The zero-order valence-corrected chi connectivity index (χ0v) is 10.7. The molecule has 1 aliphatic rings. The third-order valence-corrected chi connectivity index (χ3v) is 3.31. The summed E-state index contributed by atoms with van der Waals surface area (Å²) >= 11 is 0. The third-order valence-electron chi connectivity index (χ3n) is 3.31. The monoisotopic (exact) mass is 250 g/mol. The van der Waals surface area contributed by atoms with E-state index >= 15 is 0 Å². The van der Waals surface area contributed by atoms with E-state index in [1.165, 1.54) is 0 Å². The van der Waals surface area contributed by atoms with Crippen LogP contribution in [0, 0.1) is 6.92 Å². The molecular formula is C12H18N4O2. The summed E-state index contributed by atoms with van der Waals surface area (Å²) in [6.45, 7) is 5.15. The first kappa shape index (κ1) is 12.6. The Hall–Kier alpha value is -1.85. The van der Waals surface area contributed by atoms with Gasteiger partial charge in [0.25, 0.3) is 0 Å². The second-order valence-electron chi connectivity index (χ2n) is 4.40. The molecule has 6 heteroatoms. The van der Waals surface area contributed by atoms with Gasteiger partial charge in [-0.05, 0) is 13.3 Å². The van der Waals surface area contributed by atoms with Crippen molar-refractivity contribution in [2.75, 3.05) is 13.1 Å². The van der Waals surface area contributed by atoms with Gasteiger partial charge in [0.2, 0.25) is 11.8 Å². The van der Waals surface area contributed by atoms with Gasteiger partial charge in [0.15, 0.2) is 0 Å². The Balaban J connectivity index is 2.03. The molecule has 0 radical (unpaired) electrons. The van der Waals surface area contributed by atoms with E-state index in [2.05, 4.69) is 10.3 Å². The van der Waals surface area contributed by atoms with E-state index in [0.29, 0.717) is 19.5 Å². The summed E-state index contributed by atoms with van der Waals surface area (Å²) in [5, 5.41) is 2.62. The van der Waals surface area contributed by atoms with Crippen LogP contribution in [0.3, 0.4) is 0 Å². The van der Waals surface area contributed by atoms with Crippen molar-refractivity contribution < 1.29 is 9.59 Å². The van der Waals surface area contributed by atoms with Crippen LogP contribution in [0.4, 0.5) is 0 Å². The van der Waals surface area contributed by atoms with Crippen LogP contribution in [-0.4, -0.2) is 45.4 Å². The third kappa shape index (κ3) is 2.37. The van der Waals surface area contributed by atoms with Gasteiger partial charge in [-0.2, -0.15) is 0 Å². The molecule has 0 aromatic carbocycles. The SMILES string of the molecule is CCC1C(=O)NCC(=O)N1CCn1ccnc1C. The number of rotatable bonds is 4. The molecule has 1 saturated heterocycles. The normalized spacial score (nSPS) is 20.1. The van der Waals surface area contributed by atoms with Crippen LogP contribution in [0.5, 0.6) is 0 Å². The molecule has 2 amide bonds. The number of carbonyl (C=O) groups is 2. The van der Waals surface area contributed by atoms with Crippen LogP contribution in [0.1, 0.15) is 19.2 Å². The highest BCUT2D eigenvalue weighted by Crippen LogP contribution is 2.10. The van der Waals surface area contributed by atoms with Crippen molar-refractivity contribution in [1.29, 1.82) is 0 Å². The quantitative estimate of drug-likeness (QED) is 0.813. The number of carbonyl (C=O) groups excluding carboxylic acids is 2. The summed E-state index contributed by atoms with van der Waals surface area (Å²) in [4.78, 5) is 29.3. The van der Waals surface area contributed by atoms with Gasteiger partial charge in [-0.3, -0.25) is 9.59 Å². The molecule has 1 aromatic heterocycles. The van der Waals surface area contributed by atoms with Gasteiger partial charge in [0, 0.05) is 25.5 Å². The molecule has 0 spiro atoms. The molecule has 2 rings (SSSR count). The standard InChI is InChI=1S/C12H18N4O2/c1-3-10-12(18)14-8-11(17)16(10)7-6-15-5-4-13-9(15)2/h4-5,10H,3,6-8H2,1-2H3,(H,14,18). The Kier molecular flexibility index (Phi) is 3.64. The van der Waals surface area contributed by atoms with Crippen LogP contribution < -0.4 is 5.32 Å². The van der Waals surface area contributed by atoms with Crippen LogP contribution >= 0.6 is 0 Å². The number of piperazine rings is 1. The summed E-state index contributed by atoms with van der Waals surface area (Å²) < 4.78 is 1.98. The van der Waals surface area contributed by atoms with Crippen LogP contribution in [0.15, 0.2) is 12.4 Å². The average molecular weight is 250 g/mol. The predicted octanol–water partition coefficient (Wildman–Crippen LogP) is -0.0715. The summed E-state index contributed by atoms with van der Waals surface area (Å²) in [7, 11) is 0. The molecule has 1 atom stereocenters. The molecule has 2 heterocycles. The number of hydrogen-bond donors (Lipinski definition) is 1. The molecular weight excluding hydrogens is 232 g/mol. The number of amides is 2. The number of aromatic nitrogens is 2. The van der Waals surface area contributed by atoms with E-state index in [-0.39, 0.29) is 24.4 Å². The molecule has 0 saturated carbocycles. The number of hydrogen-bond acceptors (Lipinski definition) is 3. The lowest BCUT2D eigenvalue weighted by atomic mass is 10.1. The molecule has 0 aliphatic carbocycles. The lowest BCUT2D eigenvalue weighted by molar-refractivity contribution is -0.145. The molecule has 1 aromatic rings. The Morgan fingerprint density at radius 1 is 1.44 bits per heavy atom. The zero-order valence-electron chi connectivity index (χ0n) is 10.7. The van der Waals surface area contributed by atoms with Crippen molar-refractivity contribution in [3.05, 3.63) is 18.2 Å². The van der Waals surface area contributed by atoms with Gasteiger partial charge in [0.05, 0.1) is 6.54 Å². The Labute approximate surface area is 106 Å². The van der Waals surface area contributed by atoms with E-state index in [1.807, 2.05) is 24.6 Å². The minimum atomic E-state index is -0.338. The van der Waals surface area contributed by atoms with E-state index in [0.717, 1.165) is 5.82 Å². The maximum absolute atomic E-state index is 11.8. The fourth-order valence-corrected chi connectivity index (χ4v) is 2.24. The van der Waals surface area contributed by atoms with E-state index in [1.54, 1.807) is 11.1 Å². The van der Waals surface area contributed by atoms with Crippen molar-refractivity contribution >= 4 is 11.8 Å². The first-order valence-electron chi connectivity index (χ1n) is 6.18. The second-order valence-corrected chi connectivity index (χ2v) is 4.40. The lowest BCUT2D eigenvalue weighted by Gasteiger charge is -2.34. The van der Waals surface area contributed by atoms with Crippen molar-refractivity contribution in [1.82, 2.24) is 19.8 Å². The number of nitrogens with one attached hydrogen (secondary N) is 1. The van der Waals surface area contributed by atoms with Gasteiger partial charge in [-0.15, -0.1) is 0 Å². The van der Waals surface area contributed by atoms with Crippen molar-refractivity contribution in [2.45, 2.75) is 32.9 Å². The van der Waals surface area contributed by atoms with Gasteiger partial charge < -0.3 is 14.8 Å². The Morgan fingerprint density at radius 2 is 2.22 bits per heavy atom. The van der Waals surface area contributed by atoms with Gasteiger partial charge in [0.1, 0.15) is 11.9 Å². The lowest BCUT2D eigenvalue weighted by Crippen LogP contribution is -2.58. The molecule has 6 nitrogen and oxygen atoms in total. The molecule has 18 heavy (non-hydrogen) atoms. The highest BCUT2D eigenvalue weighted by Gasteiger charge is 2.32. The van der Waals surface area contributed by atoms with E-state index in [9.17, 15) is 9.59 Å². The summed E-state index contributed by atoms with van der Waals surface area (Å²) in [5.41, 5.74) is 0. The topological polar surface area (TPSA) is 67.2 Å². The van der Waals surface area contributed by atoms with Crippen molar-refractivity contribution in [2.24, 2.45) is 0 Å². The number of imidazole rings is 1. The zero-order chi connectivity index (χ0) is 13.1. The van der Waals surface area contributed by atoms with Gasteiger partial charge in [-0.1, -0.05) is 6.92 Å². The fourth-order valence-electron chi connectivity index (χ4n) is 2.24. The molecule has 1 unspecified atom stereocenters. The van der Waals surface area contributed by atoms with Gasteiger partial charge in [-0.25, -0.2) is 4.98 Å². The van der Waals surface area contributed by atoms with Crippen LogP contribution in [0.2, 0.25) is 0 Å². The fraction of sp³-hybridized carbons (Fsp3) is 0.583. The first-order valence-corrected chi connectivity index (χ1v) is 6.18. The van der Waals surface area contributed by atoms with E-state index in [4.69, 9.17) is 0 Å². The van der Waals surface area contributed by atoms with Crippen molar-refractivity contribution in [3.8, 4) is 0 Å². The molecule has 1 fully saturated rings. The average Bonchev–Trinajstić information content (AvgIpc) is 2.76. The summed E-state index contributed by atoms with van der Waals surface area (Å²) in [6.07, 6.45) is 4.25. The summed E-state index contributed by atoms with van der Waals surface area (Å²) in [6, 6.07) is -0.338. The predicted molar refractivity (Wildman–Crippen MR) is 65.8 cm³/mol. The smallest absolute Gasteiger partial charge is 0.243 e. The highest BCUT2D eigenvalue weighted by molar-refractivity contribution is 5.94. The molecule has 1 N–H and O–H groups in total. The minimum Gasteiger partial charge on any atom is -0.345 e. The first-order chi connectivity index (χ1) is 8.63. The second kappa shape index (κ2) is 5.20. The number of nitrogens with zero attached hydrogens (tertiary/aromatic N) is 3. The Morgan fingerprint density at radius 3 is 2.83 bits per heavy atom.